The van der Waals surface area contributed by atoms with Crippen LogP contribution in [0.4, 0.5) is 0 Å². The van der Waals surface area contributed by atoms with Crippen molar-refractivity contribution in [3.63, 3.8) is 0 Å². The van der Waals surface area contributed by atoms with Crippen LogP contribution in [0.25, 0.3) is 0 Å². The number of hydrogen-bond donors (Lipinski definition) is 1. The standard InChI is InChI=1S/C13H15ClINO3/c1-7(2)11(13(18)19-3)16-12(17)9-6-8(14)4-5-10(9)15/h4-7,11H,1-3H3,(H,16,17)/t11-/m0/s1. The van der Waals surface area contributed by atoms with Crippen molar-refractivity contribution in [1.82, 2.24) is 5.32 Å². The topological polar surface area (TPSA) is 55.4 Å². The van der Waals surface area contributed by atoms with E-state index in [0.29, 0.717) is 10.6 Å². The molecule has 0 aromatic heterocycles. The molecule has 0 saturated heterocycles. The van der Waals surface area contributed by atoms with Crippen LogP contribution < -0.4 is 5.32 Å². The molecule has 0 spiro atoms. The van der Waals surface area contributed by atoms with Crippen LogP contribution >= 0.6 is 34.2 Å². The third kappa shape index (κ3) is 4.35. The van der Waals surface area contributed by atoms with Crippen LogP contribution in [0.15, 0.2) is 18.2 Å². The number of methoxy groups -OCH3 is 1. The number of benzene rings is 1. The van der Waals surface area contributed by atoms with E-state index in [0.717, 1.165) is 3.57 Å². The monoisotopic (exact) mass is 395 g/mol. The number of hydrogen-bond acceptors (Lipinski definition) is 3. The molecule has 0 heterocycles. The maximum Gasteiger partial charge on any atom is 0.328 e. The van der Waals surface area contributed by atoms with Gasteiger partial charge in [-0.05, 0) is 46.7 Å². The number of esters is 1. The first-order valence-corrected chi connectivity index (χ1v) is 7.16. The van der Waals surface area contributed by atoms with Gasteiger partial charge in [-0.15, -0.1) is 0 Å². The molecule has 0 radical (unpaired) electrons. The maximum atomic E-state index is 12.2. The van der Waals surface area contributed by atoms with Crippen LogP contribution in [-0.2, 0) is 9.53 Å². The van der Waals surface area contributed by atoms with E-state index < -0.39 is 12.0 Å². The molecule has 19 heavy (non-hydrogen) atoms. The molecule has 0 aliphatic carbocycles. The minimum Gasteiger partial charge on any atom is -0.467 e. The highest BCUT2D eigenvalue weighted by atomic mass is 127. The van der Waals surface area contributed by atoms with E-state index in [9.17, 15) is 9.59 Å². The zero-order chi connectivity index (χ0) is 14.6. The third-order valence-electron chi connectivity index (χ3n) is 2.58. The second kappa shape index (κ2) is 7.09. The Morgan fingerprint density at radius 2 is 2.00 bits per heavy atom. The smallest absolute Gasteiger partial charge is 0.328 e. The second-order valence-corrected chi connectivity index (χ2v) is 5.94. The van der Waals surface area contributed by atoms with Crippen molar-refractivity contribution < 1.29 is 14.3 Å². The Morgan fingerprint density at radius 3 is 2.53 bits per heavy atom. The SMILES string of the molecule is COC(=O)[C@@H](NC(=O)c1cc(Cl)ccc1I)C(C)C. The molecule has 104 valence electrons. The first-order valence-electron chi connectivity index (χ1n) is 5.70. The van der Waals surface area contributed by atoms with Crippen LogP contribution in [0.3, 0.4) is 0 Å². The summed E-state index contributed by atoms with van der Waals surface area (Å²) in [6.45, 7) is 3.68. The Bertz CT molecular complexity index is 491. The van der Waals surface area contributed by atoms with Gasteiger partial charge < -0.3 is 10.1 Å². The fourth-order valence-electron chi connectivity index (χ4n) is 1.52. The van der Waals surface area contributed by atoms with Gasteiger partial charge in [-0.3, -0.25) is 4.79 Å². The Hall–Kier alpha value is -0.820. The summed E-state index contributed by atoms with van der Waals surface area (Å²) < 4.78 is 5.45. The molecule has 1 N–H and O–H groups in total. The van der Waals surface area contributed by atoms with Crippen LogP contribution in [0, 0.1) is 9.49 Å². The highest BCUT2D eigenvalue weighted by Gasteiger charge is 2.26. The first-order chi connectivity index (χ1) is 8.86. The number of ether oxygens (including phenoxy) is 1. The molecule has 0 saturated carbocycles. The van der Waals surface area contributed by atoms with Gasteiger partial charge in [-0.1, -0.05) is 25.4 Å². The number of amides is 1. The molecular weight excluding hydrogens is 381 g/mol. The summed E-state index contributed by atoms with van der Waals surface area (Å²) >= 11 is 7.92. The van der Waals surface area contributed by atoms with Gasteiger partial charge in [0, 0.05) is 8.59 Å². The van der Waals surface area contributed by atoms with Gasteiger partial charge in [0.05, 0.1) is 12.7 Å². The van der Waals surface area contributed by atoms with Gasteiger partial charge >= 0.3 is 5.97 Å². The molecule has 6 heteroatoms. The molecule has 0 fully saturated rings. The number of halogens is 2. The average molecular weight is 396 g/mol. The minimum absolute atomic E-state index is 0.0618. The van der Waals surface area contributed by atoms with Crippen LogP contribution in [0.2, 0.25) is 5.02 Å². The summed E-state index contributed by atoms with van der Waals surface area (Å²) in [5.74, 6) is -0.857. The zero-order valence-corrected chi connectivity index (χ0v) is 13.8. The lowest BCUT2D eigenvalue weighted by Crippen LogP contribution is -2.45. The summed E-state index contributed by atoms with van der Waals surface area (Å²) in [4.78, 5) is 23.8. The lowest BCUT2D eigenvalue weighted by Gasteiger charge is -2.20. The summed E-state index contributed by atoms with van der Waals surface area (Å²) in [5, 5.41) is 3.15. The summed E-state index contributed by atoms with van der Waals surface area (Å²) in [7, 11) is 1.30. The van der Waals surface area contributed by atoms with Crippen molar-refractivity contribution in [2.45, 2.75) is 19.9 Å². The van der Waals surface area contributed by atoms with E-state index in [1.54, 1.807) is 18.2 Å². The van der Waals surface area contributed by atoms with Gasteiger partial charge in [-0.25, -0.2) is 4.79 Å². The largest absolute Gasteiger partial charge is 0.467 e. The highest BCUT2D eigenvalue weighted by molar-refractivity contribution is 14.1. The van der Waals surface area contributed by atoms with E-state index >= 15 is 0 Å². The fraction of sp³-hybridized carbons (Fsp3) is 0.385. The van der Waals surface area contributed by atoms with E-state index in [1.165, 1.54) is 7.11 Å². The molecule has 0 unspecified atom stereocenters. The van der Waals surface area contributed by atoms with Crippen molar-refractivity contribution in [2.24, 2.45) is 5.92 Å². The minimum atomic E-state index is -0.674. The molecule has 0 bridgehead atoms. The maximum absolute atomic E-state index is 12.2. The highest BCUT2D eigenvalue weighted by Crippen LogP contribution is 2.18. The van der Waals surface area contributed by atoms with Crippen molar-refractivity contribution in [3.05, 3.63) is 32.4 Å². The third-order valence-corrected chi connectivity index (χ3v) is 3.76. The lowest BCUT2D eigenvalue weighted by atomic mass is 10.0. The number of carbonyl (C=O) groups excluding carboxylic acids is 2. The van der Waals surface area contributed by atoms with Crippen molar-refractivity contribution in [1.29, 1.82) is 0 Å². The van der Waals surface area contributed by atoms with Crippen molar-refractivity contribution in [3.8, 4) is 0 Å². The van der Waals surface area contributed by atoms with Crippen molar-refractivity contribution >= 4 is 46.1 Å². The molecule has 1 amide bonds. The predicted molar refractivity (Wildman–Crippen MR) is 82.3 cm³/mol. The van der Waals surface area contributed by atoms with E-state index in [-0.39, 0.29) is 11.8 Å². The Morgan fingerprint density at radius 1 is 1.37 bits per heavy atom. The lowest BCUT2D eigenvalue weighted by molar-refractivity contribution is -0.144. The fourth-order valence-corrected chi connectivity index (χ4v) is 2.27. The van der Waals surface area contributed by atoms with E-state index in [1.807, 2.05) is 36.4 Å². The van der Waals surface area contributed by atoms with Crippen LogP contribution in [0.1, 0.15) is 24.2 Å². The van der Waals surface area contributed by atoms with Crippen LogP contribution in [0.5, 0.6) is 0 Å². The molecule has 1 aromatic rings. The van der Waals surface area contributed by atoms with Crippen LogP contribution in [-0.4, -0.2) is 25.0 Å². The molecule has 4 nitrogen and oxygen atoms in total. The molecule has 1 aromatic carbocycles. The molecule has 0 aliphatic rings. The van der Waals surface area contributed by atoms with Crippen molar-refractivity contribution in [2.75, 3.05) is 7.11 Å². The summed E-state index contributed by atoms with van der Waals surface area (Å²) in [5.41, 5.74) is 0.447. The first kappa shape index (κ1) is 16.2. The second-order valence-electron chi connectivity index (χ2n) is 4.34. The van der Waals surface area contributed by atoms with E-state index in [4.69, 9.17) is 11.6 Å². The van der Waals surface area contributed by atoms with Gasteiger partial charge in [0.15, 0.2) is 0 Å². The Kier molecular flexibility index (Phi) is 6.06. The Balaban J connectivity index is 2.94. The van der Waals surface area contributed by atoms with Gasteiger partial charge in [0.1, 0.15) is 6.04 Å². The number of carbonyl (C=O) groups is 2. The average Bonchev–Trinajstić information content (AvgIpc) is 2.37. The number of nitrogens with one attached hydrogen (secondary N) is 1. The summed E-state index contributed by atoms with van der Waals surface area (Å²) in [6.07, 6.45) is 0. The van der Waals surface area contributed by atoms with Gasteiger partial charge in [0.2, 0.25) is 0 Å². The number of rotatable bonds is 4. The predicted octanol–water partition coefficient (Wildman–Crippen LogP) is 2.87. The normalized spacial score (nSPS) is 12.1. The molecule has 1 rings (SSSR count). The molecule has 1 atom stereocenters. The molecular formula is C13H15ClINO3. The van der Waals surface area contributed by atoms with Gasteiger partial charge in [-0.2, -0.15) is 0 Å². The molecule has 0 aliphatic heterocycles. The zero-order valence-electron chi connectivity index (χ0n) is 10.9. The summed E-state index contributed by atoms with van der Waals surface area (Å²) in [6, 6.07) is 4.36. The Labute approximate surface area is 131 Å². The van der Waals surface area contributed by atoms with E-state index in [2.05, 4.69) is 10.1 Å². The van der Waals surface area contributed by atoms with Gasteiger partial charge in [0.25, 0.3) is 5.91 Å². The quantitative estimate of drug-likeness (QED) is 0.630.